The Morgan fingerprint density at radius 3 is 2.62 bits per heavy atom. The van der Waals surface area contributed by atoms with Crippen molar-refractivity contribution in [3.63, 3.8) is 0 Å². The van der Waals surface area contributed by atoms with E-state index in [1.807, 2.05) is 24.3 Å². The number of benzene rings is 1. The average molecular weight is 219 g/mol. The molecule has 4 heteroatoms. The van der Waals surface area contributed by atoms with Crippen molar-refractivity contribution < 1.29 is 14.3 Å². The van der Waals surface area contributed by atoms with Crippen LogP contribution in [-0.4, -0.2) is 31.4 Å². The number of carbonyl (C=O) groups excluding carboxylic acids is 1. The van der Waals surface area contributed by atoms with Crippen LogP contribution in [0.25, 0.3) is 0 Å². The van der Waals surface area contributed by atoms with Gasteiger partial charge in [-0.1, -0.05) is 0 Å². The van der Waals surface area contributed by atoms with E-state index in [1.54, 1.807) is 7.11 Å². The number of aliphatic imine (C=N–C) groups is 1. The molecular weight excluding hydrogens is 206 g/mol. The highest BCUT2D eigenvalue weighted by atomic mass is 16.5. The molecule has 4 nitrogen and oxygen atoms in total. The fraction of sp³-hybridized carbons (Fsp3) is 0.333. The van der Waals surface area contributed by atoms with Crippen molar-refractivity contribution >= 4 is 11.7 Å². The van der Waals surface area contributed by atoms with E-state index in [1.165, 1.54) is 6.92 Å². The average Bonchev–Trinajstić information content (AvgIpc) is 2.78. The Balaban J connectivity index is 2.19. The Hall–Kier alpha value is -1.84. The van der Waals surface area contributed by atoms with Gasteiger partial charge in [-0.05, 0) is 31.2 Å². The van der Waals surface area contributed by atoms with E-state index in [-0.39, 0.29) is 11.8 Å². The van der Waals surface area contributed by atoms with E-state index >= 15 is 0 Å². The van der Waals surface area contributed by atoms with Crippen LogP contribution >= 0.6 is 0 Å². The van der Waals surface area contributed by atoms with Crippen LogP contribution in [0.15, 0.2) is 29.3 Å². The van der Waals surface area contributed by atoms with Crippen LogP contribution < -0.4 is 4.74 Å². The Kier molecular flexibility index (Phi) is 2.90. The van der Waals surface area contributed by atoms with Gasteiger partial charge >= 0.3 is 0 Å². The molecule has 1 heterocycles. The van der Waals surface area contributed by atoms with Crippen molar-refractivity contribution in [1.29, 1.82) is 0 Å². The minimum Gasteiger partial charge on any atom is -0.497 e. The van der Waals surface area contributed by atoms with Gasteiger partial charge in [-0.25, -0.2) is 4.99 Å². The van der Waals surface area contributed by atoms with Gasteiger partial charge in [0.2, 0.25) is 5.90 Å². The summed E-state index contributed by atoms with van der Waals surface area (Å²) < 4.78 is 10.4. The highest BCUT2D eigenvalue weighted by molar-refractivity contribution is 5.98. The number of hydrogen-bond donors (Lipinski definition) is 0. The monoisotopic (exact) mass is 219 g/mol. The molecule has 1 aliphatic heterocycles. The molecule has 0 bridgehead atoms. The van der Waals surface area contributed by atoms with Crippen molar-refractivity contribution in [2.24, 2.45) is 4.99 Å². The van der Waals surface area contributed by atoms with Gasteiger partial charge in [-0.3, -0.25) is 4.79 Å². The number of nitrogens with zero attached hydrogens (tertiary/aromatic N) is 1. The van der Waals surface area contributed by atoms with Crippen molar-refractivity contribution in [3.05, 3.63) is 29.8 Å². The lowest BCUT2D eigenvalue weighted by Crippen LogP contribution is -2.15. The van der Waals surface area contributed by atoms with Crippen molar-refractivity contribution in [2.45, 2.75) is 13.0 Å². The molecule has 1 atom stereocenters. The summed E-state index contributed by atoms with van der Waals surface area (Å²) in [5, 5.41) is 0. The van der Waals surface area contributed by atoms with Gasteiger partial charge in [0.15, 0.2) is 5.78 Å². The lowest BCUT2D eigenvalue weighted by Gasteiger charge is -2.02. The summed E-state index contributed by atoms with van der Waals surface area (Å²) in [4.78, 5) is 15.3. The fourth-order valence-electron chi connectivity index (χ4n) is 1.47. The SMILES string of the molecule is COc1ccc(C2=NC(C(C)=O)CO2)cc1. The van der Waals surface area contributed by atoms with Crippen LogP contribution in [0.1, 0.15) is 12.5 Å². The van der Waals surface area contributed by atoms with Crippen LogP contribution in [0.2, 0.25) is 0 Å². The fourth-order valence-corrected chi connectivity index (χ4v) is 1.47. The number of Topliss-reactive ketones (excluding diaryl/α,β-unsaturated/α-hetero) is 1. The van der Waals surface area contributed by atoms with E-state index in [9.17, 15) is 4.79 Å². The van der Waals surface area contributed by atoms with Crippen LogP contribution in [0.5, 0.6) is 5.75 Å². The largest absolute Gasteiger partial charge is 0.497 e. The molecule has 0 aliphatic carbocycles. The first kappa shape index (κ1) is 10.7. The summed E-state index contributed by atoms with van der Waals surface area (Å²) in [5.74, 6) is 1.34. The molecule has 0 radical (unpaired) electrons. The number of rotatable bonds is 3. The third-order valence-electron chi connectivity index (χ3n) is 2.46. The maximum atomic E-state index is 11.1. The second kappa shape index (κ2) is 4.35. The Morgan fingerprint density at radius 2 is 2.12 bits per heavy atom. The molecule has 1 aliphatic rings. The Morgan fingerprint density at radius 1 is 1.44 bits per heavy atom. The summed E-state index contributed by atoms with van der Waals surface area (Å²) in [7, 11) is 1.62. The molecule has 0 saturated carbocycles. The molecule has 0 N–H and O–H groups in total. The summed E-state index contributed by atoms with van der Waals surface area (Å²) in [6.45, 7) is 1.87. The quantitative estimate of drug-likeness (QED) is 0.772. The minimum atomic E-state index is -0.350. The molecule has 0 amide bonds. The molecule has 84 valence electrons. The first-order valence-corrected chi connectivity index (χ1v) is 5.06. The number of carbonyl (C=O) groups is 1. The van der Waals surface area contributed by atoms with Gasteiger partial charge in [-0.2, -0.15) is 0 Å². The number of ether oxygens (including phenoxy) is 2. The second-order valence-corrected chi connectivity index (χ2v) is 3.60. The van der Waals surface area contributed by atoms with Gasteiger partial charge in [0.05, 0.1) is 7.11 Å². The smallest absolute Gasteiger partial charge is 0.217 e. The Bertz CT molecular complexity index is 422. The summed E-state index contributed by atoms with van der Waals surface area (Å²) >= 11 is 0. The lowest BCUT2D eigenvalue weighted by molar-refractivity contribution is -0.118. The third kappa shape index (κ3) is 2.05. The van der Waals surface area contributed by atoms with E-state index in [2.05, 4.69) is 4.99 Å². The van der Waals surface area contributed by atoms with Crippen molar-refractivity contribution in [3.8, 4) is 5.75 Å². The van der Waals surface area contributed by atoms with Crippen molar-refractivity contribution in [2.75, 3.05) is 13.7 Å². The van der Waals surface area contributed by atoms with Gasteiger partial charge in [0.25, 0.3) is 0 Å². The molecule has 16 heavy (non-hydrogen) atoms. The van der Waals surface area contributed by atoms with E-state index in [0.717, 1.165) is 11.3 Å². The summed E-state index contributed by atoms with van der Waals surface area (Å²) in [6.07, 6.45) is 0. The second-order valence-electron chi connectivity index (χ2n) is 3.60. The zero-order valence-electron chi connectivity index (χ0n) is 9.27. The minimum absolute atomic E-state index is 0.0310. The zero-order valence-corrected chi connectivity index (χ0v) is 9.27. The van der Waals surface area contributed by atoms with E-state index in [4.69, 9.17) is 9.47 Å². The highest BCUT2D eigenvalue weighted by Gasteiger charge is 2.23. The van der Waals surface area contributed by atoms with Gasteiger partial charge < -0.3 is 9.47 Å². The van der Waals surface area contributed by atoms with Gasteiger partial charge in [0, 0.05) is 5.56 Å². The Labute approximate surface area is 93.9 Å². The van der Waals surface area contributed by atoms with Crippen molar-refractivity contribution in [1.82, 2.24) is 0 Å². The molecule has 0 spiro atoms. The highest BCUT2D eigenvalue weighted by Crippen LogP contribution is 2.16. The van der Waals surface area contributed by atoms with Gasteiger partial charge in [-0.15, -0.1) is 0 Å². The number of methoxy groups -OCH3 is 1. The number of hydrogen-bond acceptors (Lipinski definition) is 4. The van der Waals surface area contributed by atoms with E-state index in [0.29, 0.717) is 12.5 Å². The first-order chi connectivity index (χ1) is 7.70. The normalized spacial score (nSPS) is 18.9. The maximum Gasteiger partial charge on any atom is 0.217 e. The predicted molar refractivity (Wildman–Crippen MR) is 60.0 cm³/mol. The van der Waals surface area contributed by atoms with E-state index < -0.39 is 0 Å². The summed E-state index contributed by atoms with van der Waals surface area (Å²) in [5.41, 5.74) is 0.865. The maximum absolute atomic E-state index is 11.1. The van der Waals surface area contributed by atoms with Crippen LogP contribution in [0.4, 0.5) is 0 Å². The molecule has 0 fully saturated rings. The predicted octanol–water partition coefficient (Wildman–Crippen LogP) is 1.43. The molecule has 2 rings (SSSR count). The standard InChI is InChI=1S/C12H13NO3/c1-8(14)11-7-16-12(13-11)9-3-5-10(15-2)6-4-9/h3-6,11H,7H2,1-2H3. The summed E-state index contributed by atoms with van der Waals surface area (Å²) in [6, 6.07) is 7.04. The molecule has 1 unspecified atom stereocenters. The molecular formula is C12H13NO3. The van der Waals surface area contributed by atoms with Crippen LogP contribution in [-0.2, 0) is 9.53 Å². The molecule has 1 aromatic carbocycles. The third-order valence-corrected chi connectivity index (χ3v) is 2.46. The lowest BCUT2D eigenvalue weighted by atomic mass is 10.2. The number of ketones is 1. The van der Waals surface area contributed by atoms with Crippen LogP contribution in [0, 0.1) is 0 Å². The van der Waals surface area contributed by atoms with Gasteiger partial charge in [0.1, 0.15) is 18.4 Å². The molecule has 1 aromatic rings. The zero-order chi connectivity index (χ0) is 11.5. The molecule has 0 aromatic heterocycles. The first-order valence-electron chi connectivity index (χ1n) is 5.06. The molecule has 0 saturated heterocycles. The van der Waals surface area contributed by atoms with Crippen LogP contribution in [0.3, 0.4) is 0 Å². The topological polar surface area (TPSA) is 47.9 Å².